The van der Waals surface area contributed by atoms with E-state index in [2.05, 4.69) is 25.5 Å². The molecular weight excluding hydrogens is 1060 g/mol. The van der Waals surface area contributed by atoms with E-state index in [4.69, 9.17) is 43.0 Å². The second-order valence-corrected chi connectivity index (χ2v) is 22.8. The molecule has 7 aromatic rings. The number of halogens is 1. The molecule has 9 rings (SSSR count). The van der Waals surface area contributed by atoms with E-state index in [0.29, 0.717) is 58.4 Å². The van der Waals surface area contributed by atoms with Crippen LogP contribution in [0.2, 0.25) is 0 Å². The Kier molecular flexibility index (Phi) is 17.2. The average molecular weight is 1130 g/mol. The van der Waals surface area contributed by atoms with E-state index in [9.17, 15) is 28.8 Å². The molecule has 0 saturated carbocycles. The molecule has 0 radical (unpaired) electrons. The lowest BCUT2D eigenvalue weighted by atomic mass is 9.92. The molecule has 4 aromatic carbocycles. The maximum absolute atomic E-state index is 14.6. The molecule has 22 heteroatoms. The number of rotatable bonds is 22. The number of carbonyl (C=O) groups excluding carboxylic acids is 6. The first-order valence-corrected chi connectivity index (χ1v) is 28.0. The zero-order chi connectivity index (χ0) is 57.0. The Morgan fingerprint density at radius 3 is 2.20 bits per heavy atom. The second-order valence-electron chi connectivity index (χ2n) is 21.6. The summed E-state index contributed by atoms with van der Waals surface area (Å²) in [4.78, 5) is 92.2. The molecule has 3 aromatic heterocycles. The van der Waals surface area contributed by atoms with Gasteiger partial charge in [0.25, 0.3) is 11.8 Å². The first kappa shape index (κ1) is 56.9. The minimum atomic E-state index is -0.898. The number of ether oxygens (including phenoxy) is 3. The van der Waals surface area contributed by atoms with Crippen molar-refractivity contribution in [2.45, 2.75) is 71.1 Å². The van der Waals surface area contributed by atoms with Crippen LogP contribution in [0.15, 0.2) is 84.2 Å². The topological polar surface area (TPSA) is 277 Å². The zero-order valence-corrected chi connectivity index (χ0v) is 47.1. The Balaban J connectivity index is 0.814. The molecule has 0 spiro atoms. The number of likely N-dealkylation sites (tertiary alicyclic amines) is 1. The smallest absolute Gasteiger partial charge is 0.415 e. The van der Waals surface area contributed by atoms with Gasteiger partial charge in [0.15, 0.2) is 5.75 Å². The number of hydrogen-bond acceptors (Lipinski definition) is 13. The minimum absolute atomic E-state index is 0.0244. The van der Waals surface area contributed by atoms with Gasteiger partial charge in [-0.3, -0.25) is 24.1 Å². The van der Waals surface area contributed by atoms with Crippen LogP contribution in [0.5, 0.6) is 11.5 Å². The van der Waals surface area contributed by atoms with Crippen molar-refractivity contribution in [3.8, 4) is 11.5 Å². The Morgan fingerprint density at radius 2 is 1.50 bits per heavy atom. The maximum atomic E-state index is 14.6. The molecule has 1 saturated heterocycles. The molecule has 5 heterocycles. The van der Waals surface area contributed by atoms with Gasteiger partial charge in [0, 0.05) is 102 Å². The summed E-state index contributed by atoms with van der Waals surface area (Å²) in [5.41, 5.74) is 22.4. The average Bonchev–Trinajstić information content (AvgIpc) is 4.31. The number of primary amides is 2. The highest BCUT2D eigenvalue weighted by molar-refractivity contribution is 7.17. The highest BCUT2D eigenvalue weighted by atomic mass is 35.5. The van der Waals surface area contributed by atoms with E-state index >= 15 is 0 Å². The summed E-state index contributed by atoms with van der Waals surface area (Å²) in [5, 5.41) is 10.5. The zero-order valence-electron chi connectivity index (χ0n) is 45.5. The van der Waals surface area contributed by atoms with Crippen molar-refractivity contribution in [1.82, 2.24) is 24.7 Å². The first-order chi connectivity index (χ1) is 38.2. The molecule has 20 nitrogen and oxygen atoms in total. The van der Waals surface area contributed by atoms with E-state index in [1.807, 2.05) is 56.5 Å². The lowest BCUT2D eigenvalue weighted by Crippen LogP contribution is -2.44. The number of carbonyl (C=O) groups is 6. The van der Waals surface area contributed by atoms with Crippen LogP contribution in [-0.4, -0.2) is 138 Å². The van der Waals surface area contributed by atoms with Crippen molar-refractivity contribution in [3.05, 3.63) is 112 Å². The number of nitrogens with zero attached hydrogens (tertiary/aromatic N) is 4. The van der Waals surface area contributed by atoms with Crippen LogP contribution >= 0.6 is 22.9 Å². The Morgan fingerprint density at radius 1 is 0.838 bits per heavy atom. The van der Waals surface area contributed by atoms with Crippen LogP contribution in [0, 0.1) is 12.3 Å². The molecule has 6 amide bonds. The molecule has 10 N–H and O–H groups in total. The van der Waals surface area contributed by atoms with Gasteiger partial charge >= 0.3 is 12.2 Å². The Hall–Kier alpha value is -7.85. The second kappa shape index (κ2) is 24.3. The number of hydrogen-bond donors (Lipinski definition) is 7. The van der Waals surface area contributed by atoms with Crippen molar-refractivity contribution in [1.29, 1.82) is 0 Å². The maximum Gasteiger partial charge on any atom is 0.415 e. The quantitative estimate of drug-likeness (QED) is 0.0315. The van der Waals surface area contributed by atoms with Crippen LogP contribution in [0.25, 0.3) is 31.9 Å². The van der Waals surface area contributed by atoms with Crippen LogP contribution < -0.4 is 42.2 Å². The Labute approximate surface area is 472 Å². The number of nitrogens with two attached hydrogens (primary N) is 3. The van der Waals surface area contributed by atoms with Crippen molar-refractivity contribution >= 4 is 108 Å². The molecule has 80 heavy (non-hydrogen) atoms. The van der Waals surface area contributed by atoms with E-state index < -0.39 is 41.5 Å². The molecule has 1 fully saturated rings. The van der Waals surface area contributed by atoms with Gasteiger partial charge in [0.2, 0.25) is 11.8 Å². The fraction of sp³-hybridized carbons (Fsp3) is 0.379. The lowest BCUT2D eigenvalue weighted by Gasteiger charge is -2.33. The molecular formula is C58H68ClN11O9S. The molecule has 0 aliphatic carbocycles. The number of alkyl halides is 1. The summed E-state index contributed by atoms with van der Waals surface area (Å²) in [6.07, 6.45) is 1.65. The van der Waals surface area contributed by atoms with Gasteiger partial charge in [-0.1, -0.05) is 26.0 Å². The van der Waals surface area contributed by atoms with Crippen molar-refractivity contribution in [2.75, 3.05) is 81.4 Å². The van der Waals surface area contributed by atoms with E-state index in [1.165, 1.54) is 34.0 Å². The van der Waals surface area contributed by atoms with Crippen molar-refractivity contribution < 1.29 is 43.0 Å². The van der Waals surface area contributed by atoms with E-state index in [0.717, 1.165) is 62.9 Å². The minimum Gasteiger partial charge on any atom is -0.492 e. The van der Waals surface area contributed by atoms with Crippen LogP contribution in [0.4, 0.5) is 26.7 Å². The summed E-state index contributed by atoms with van der Waals surface area (Å²) >= 11 is 8.09. The fourth-order valence-electron chi connectivity index (χ4n) is 10.7. The standard InChI is InChI=1S/C58H68ClN11O9S/c1-33-30-80-51-48(79-57(76)68(5)32-58(2,3)31-67(4)56(75)78-29-34-8-10-38(11-9-34)63-44(53(62)72)17-14-41(60)52(61)71)26-47-50(49(33)51)37(27-59)28-70(47)55(74)46-25-35-22-39(12-15-42(35)66-46)64-54(73)45-24-36-23-40(13-16-43(36)65-45)77-21-20-69-18-6-7-19-69/h8-13,15-16,22-26,30,37,41,44,63,65-66H,6-7,14,17-21,27-29,31-32,60H2,1-5H3,(H2,61,71)(H2,62,72)(H,64,73)/t37-,41?,44+/m1/s1. The number of amides is 6. The summed E-state index contributed by atoms with van der Waals surface area (Å²) in [6, 6.07) is 21.7. The van der Waals surface area contributed by atoms with Crippen LogP contribution in [0.3, 0.4) is 0 Å². The lowest BCUT2D eigenvalue weighted by molar-refractivity contribution is -0.121. The first-order valence-electron chi connectivity index (χ1n) is 26.6. The molecule has 422 valence electrons. The Bertz CT molecular complexity index is 3460. The number of nitrogens with one attached hydrogen (secondary N) is 4. The molecule has 0 bridgehead atoms. The van der Waals surface area contributed by atoms with Crippen LogP contribution in [-0.2, 0) is 20.9 Å². The van der Waals surface area contributed by atoms with Gasteiger partial charge in [0.05, 0.1) is 16.4 Å². The van der Waals surface area contributed by atoms with Gasteiger partial charge in [-0.25, -0.2) is 9.59 Å². The predicted octanol–water partition coefficient (Wildman–Crippen LogP) is 8.47. The summed E-state index contributed by atoms with van der Waals surface area (Å²) in [5.74, 6) is -0.779. The fourth-order valence-corrected chi connectivity index (χ4v) is 11.9. The summed E-state index contributed by atoms with van der Waals surface area (Å²) < 4.78 is 18.6. The van der Waals surface area contributed by atoms with Gasteiger partial charge in [0.1, 0.15) is 36.4 Å². The number of thiophene rings is 1. The number of aromatic amines is 2. The summed E-state index contributed by atoms with van der Waals surface area (Å²) in [7, 11) is 3.25. The third kappa shape index (κ3) is 13.1. The van der Waals surface area contributed by atoms with Crippen LogP contribution in [0.1, 0.15) is 83.1 Å². The predicted molar refractivity (Wildman–Crippen MR) is 312 cm³/mol. The monoisotopic (exact) mass is 1130 g/mol. The van der Waals surface area contributed by atoms with Gasteiger partial charge in [-0.05, 0) is 128 Å². The summed E-state index contributed by atoms with van der Waals surface area (Å²) in [6.45, 7) is 10.3. The van der Waals surface area contributed by atoms with Gasteiger partial charge in [-0.2, -0.15) is 0 Å². The number of benzene rings is 4. The number of H-pyrrole nitrogens is 2. The SMILES string of the molecule is Cc1csc2c(OC(=O)N(C)CC(C)(C)CN(C)C(=O)OCc3ccc(N[C@@H](CCC(N)C(N)=O)C(N)=O)cc3)cc3c(c12)[C@H](CCl)CN3C(=O)c1cc2cc(NC(=O)c3cc4cc(OCCN5CCCC5)ccc4[nH]3)ccc2[nH]1. The third-order valence-electron chi connectivity index (χ3n) is 14.6. The van der Waals surface area contributed by atoms with Crippen molar-refractivity contribution in [3.63, 3.8) is 0 Å². The van der Waals surface area contributed by atoms with Gasteiger partial charge in [-0.15, -0.1) is 22.9 Å². The highest BCUT2D eigenvalue weighted by Crippen LogP contribution is 2.49. The number of fused-ring (bicyclic) bond motifs is 5. The van der Waals surface area contributed by atoms with E-state index in [1.54, 1.807) is 67.5 Å². The van der Waals surface area contributed by atoms with Gasteiger partial charge < -0.3 is 66.7 Å². The van der Waals surface area contributed by atoms with E-state index in [-0.39, 0.29) is 56.2 Å². The molecule has 3 atom stereocenters. The highest BCUT2D eigenvalue weighted by Gasteiger charge is 2.37. The third-order valence-corrected chi connectivity index (χ3v) is 16.1. The normalized spacial score (nSPS) is 15.2. The molecule has 2 aliphatic rings. The largest absolute Gasteiger partial charge is 0.492 e. The number of anilines is 3. The van der Waals surface area contributed by atoms with Crippen molar-refractivity contribution in [2.24, 2.45) is 22.6 Å². The number of aryl methyl sites for hydroxylation is 1. The number of aromatic nitrogens is 2. The molecule has 2 aliphatic heterocycles. The molecule has 1 unspecified atom stereocenters.